The molecule has 8 heavy (non-hydrogen) atoms. The van der Waals surface area contributed by atoms with Gasteiger partial charge in [0.1, 0.15) is 7.11 Å². The van der Waals surface area contributed by atoms with Gasteiger partial charge in [-0.25, -0.2) is 4.79 Å². The van der Waals surface area contributed by atoms with Crippen molar-refractivity contribution in [1.29, 1.82) is 0 Å². The van der Waals surface area contributed by atoms with Gasteiger partial charge in [0, 0.05) is 0 Å². The molecule has 0 saturated heterocycles. The van der Waals surface area contributed by atoms with Crippen molar-refractivity contribution >= 4 is 12.2 Å². The number of esters is 1. The molecule has 0 aliphatic rings. The van der Waals surface area contributed by atoms with E-state index in [0.29, 0.717) is 0 Å². The van der Waals surface area contributed by atoms with Crippen molar-refractivity contribution in [3.63, 3.8) is 0 Å². The first-order valence-corrected chi connectivity index (χ1v) is 1.95. The zero-order chi connectivity index (χ0) is 6.41. The summed E-state index contributed by atoms with van der Waals surface area (Å²) in [6.07, 6.45) is 0.944. The SMILES string of the molecule is CON=CC(=O)OC. The minimum atomic E-state index is -0.521. The third kappa shape index (κ3) is 3.14. The van der Waals surface area contributed by atoms with Gasteiger partial charge in [0.2, 0.25) is 0 Å². The van der Waals surface area contributed by atoms with E-state index < -0.39 is 5.97 Å². The molecule has 0 fully saturated rings. The van der Waals surface area contributed by atoms with E-state index in [9.17, 15) is 4.79 Å². The van der Waals surface area contributed by atoms with Gasteiger partial charge in [-0.05, 0) is 0 Å². The molecule has 0 amide bonds. The monoisotopic (exact) mass is 117 g/mol. The van der Waals surface area contributed by atoms with E-state index in [1.165, 1.54) is 14.2 Å². The summed E-state index contributed by atoms with van der Waals surface area (Å²) in [7, 11) is 2.61. The second-order valence-electron chi connectivity index (χ2n) is 0.940. The number of ether oxygens (including phenoxy) is 1. The third-order valence-corrected chi connectivity index (χ3v) is 0.465. The van der Waals surface area contributed by atoms with Crippen LogP contribution in [0.25, 0.3) is 0 Å². The fourth-order valence-corrected chi connectivity index (χ4v) is 0.148. The number of hydrogen-bond acceptors (Lipinski definition) is 4. The number of carbonyl (C=O) groups excluding carboxylic acids is 1. The molecule has 0 rings (SSSR count). The van der Waals surface area contributed by atoms with Crippen LogP contribution in [0.3, 0.4) is 0 Å². The Kier molecular flexibility index (Phi) is 3.56. The number of carbonyl (C=O) groups is 1. The Morgan fingerprint density at radius 1 is 1.62 bits per heavy atom. The van der Waals surface area contributed by atoms with E-state index in [0.717, 1.165) is 6.21 Å². The summed E-state index contributed by atoms with van der Waals surface area (Å²) < 4.78 is 4.18. The standard InChI is InChI=1S/C4H7NO3/c1-7-4(6)3-5-8-2/h3H,1-2H3. The highest BCUT2D eigenvalue weighted by Crippen LogP contribution is 1.67. The summed E-state index contributed by atoms with van der Waals surface area (Å²) in [6, 6.07) is 0. The number of oxime groups is 1. The normalized spacial score (nSPS) is 9.25. The molecular weight excluding hydrogens is 110 g/mol. The molecule has 0 aromatic rings. The molecule has 46 valence electrons. The van der Waals surface area contributed by atoms with Crippen LogP contribution in [0.1, 0.15) is 0 Å². The molecule has 0 radical (unpaired) electrons. The van der Waals surface area contributed by atoms with Gasteiger partial charge in [0.05, 0.1) is 7.11 Å². The fourth-order valence-electron chi connectivity index (χ4n) is 0.148. The maximum Gasteiger partial charge on any atom is 0.352 e. The highest BCUT2D eigenvalue weighted by Gasteiger charge is 1.88. The van der Waals surface area contributed by atoms with Gasteiger partial charge in [-0.2, -0.15) is 0 Å². The van der Waals surface area contributed by atoms with Crippen LogP contribution in [0.2, 0.25) is 0 Å². The van der Waals surface area contributed by atoms with Crippen LogP contribution in [-0.2, 0) is 14.4 Å². The molecule has 0 aromatic carbocycles. The molecule has 0 unspecified atom stereocenters. The van der Waals surface area contributed by atoms with Gasteiger partial charge in [-0.15, -0.1) is 0 Å². The van der Waals surface area contributed by atoms with Gasteiger partial charge in [0.15, 0.2) is 6.21 Å². The first kappa shape index (κ1) is 6.94. The molecule has 4 heteroatoms. The van der Waals surface area contributed by atoms with E-state index in [4.69, 9.17) is 0 Å². The van der Waals surface area contributed by atoms with E-state index >= 15 is 0 Å². The van der Waals surface area contributed by atoms with Crippen molar-refractivity contribution in [1.82, 2.24) is 0 Å². The number of hydrogen-bond donors (Lipinski definition) is 0. The molecule has 0 bridgehead atoms. The maximum absolute atomic E-state index is 10.1. The Morgan fingerprint density at radius 2 is 2.25 bits per heavy atom. The summed E-state index contributed by atoms with van der Waals surface area (Å²) >= 11 is 0. The lowest BCUT2D eigenvalue weighted by molar-refractivity contribution is -0.132. The lowest BCUT2D eigenvalue weighted by Crippen LogP contribution is -2.00. The molecule has 0 aliphatic heterocycles. The average Bonchev–Trinajstić information content (AvgIpc) is 1.83. The number of rotatable bonds is 2. The van der Waals surface area contributed by atoms with E-state index in [1.54, 1.807) is 0 Å². The van der Waals surface area contributed by atoms with Crippen LogP contribution >= 0.6 is 0 Å². The topological polar surface area (TPSA) is 47.9 Å². The average molecular weight is 117 g/mol. The Balaban J connectivity index is 3.37. The highest BCUT2D eigenvalue weighted by molar-refractivity contribution is 6.22. The lowest BCUT2D eigenvalue weighted by Gasteiger charge is -1.86. The number of nitrogens with zero attached hydrogens (tertiary/aromatic N) is 1. The van der Waals surface area contributed by atoms with Crippen LogP contribution < -0.4 is 0 Å². The molecule has 0 heterocycles. The molecule has 0 N–H and O–H groups in total. The minimum Gasteiger partial charge on any atom is -0.465 e. The predicted molar refractivity (Wildman–Crippen MR) is 27.5 cm³/mol. The van der Waals surface area contributed by atoms with Crippen LogP contribution in [0.5, 0.6) is 0 Å². The van der Waals surface area contributed by atoms with Crippen molar-refractivity contribution < 1.29 is 14.4 Å². The summed E-state index contributed by atoms with van der Waals surface area (Å²) in [5, 5.41) is 3.14. The summed E-state index contributed by atoms with van der Waals surface area (Å²) in [5.41, 5.74) is 0. The van der Waals surface area contributed by atoms with Crippen LogP contribution in [0.15, 0.2) is 5.16 Å². The molecule has 0 atom stereocenters. The van der Waals surface area contributed by atoms with Gasteiger partial charge in [0.25, 0.3) is 0 Å². The largest absolute Gasteiger partial charge is 0.465 e. The van der Waals surface area contributed by atoms with Crippen molar-refractivity contribution in [2.75, 3.05) is 14.2 Å². The first-order chi connectivity index (χ1) is 3.81. The zero-order valence-electron chi connectivity index (χ0n) is 4.75. The minimum absolute atomic E-state index is 0.521. The zero-order valence-corrected chi connectivity index (χ0v) is 4.75. The lowest BCUT2D eigenvalue weighted by atomic mass is 10.8. The Hall–Kier alpha value is -1.06. The summed E-state index contributed by atoms with van der Waals surface area (Å²) in [4.78, 5) is 14.3. The second kappa shape index (κ2) is 4.11. The van der Waals surface area contributed by atoms with E-state index in [1.807, 2.05) is 0 Å². The molecule has 4 nitrogen and oxygen atoms in total. The molecule has 0 aliphatic carbocycles. The maximum atomic E-state index is 10.1. The Bertz CT molecular complexity index is 99.5. The quantitative estimate of drug-likeness (QED) is 0.285. The van der Waals surface area contributed by atoms with Gasteiger partial charge >= 0.3 is 5.97 Å². The molecular formula is C4H7NO3. The second-order valence-corrected chi connectivity index (χ2v) is 0.940. The van der Waals surface area contributed by atoms with Gasteiger partial charge in [-0.3, -0.25) is 0 Å². The molecule has 0 saturated carbocycles. The first-order valence-electron chi connectivity index (χ1n) is 1.95. The van der Waals surface area contributed by atoms with E-state index in [2.05, 4.69) is 14.7 Å². The number of methoxy groups -OCH3 is 1. The summed E-state index contributed by atoms with van der Waals surface area (Å²) in [5.74, 6) is -0.521. The smallest absolute Gasteiger partial charge is 0.352 e. The predicted octanol–water partition coefficient (Wildman–Crippen LogP) is -0.208. The molecule has 0 spiro atoms. The van der Waals surface area contributed by atoms with Gasteiger partial charge in [-0.1, -0.05) is 5.16 Å². The van der Waals surface area contributed by atoms with Crippen LogP contribution in [0, 0.1) is 0 Å². The summed E-state index contributed by atoms with van der Waals surface area (Å²) in [6.45, 7) is 0. The van der Waals surface area contributed by atoms with E-state index in [-0.39, 0.29) is 0 Å². The van der Waals surface area contributed by atoms with Gasteiger partial charge < -0.3 is 9.57 Å². The Labute approximate surface area is 47.1 Å². The van der Waals surface area contributed by atoms with Crippen molar-refractivity contribution in [2.45, 2.75) is 0 Å². The molecule has 0 aromatic heterocycles. The van der Waals surface area contributed by atoms with Crippen LogP contribution in [-0.4, -0.2) is 26.4 Å². The van der Waals surface area contributed by atoms with Crippen LogP contribution in [0.4, 0.5) is 0 Å². The highest BCUT2D eigenvalue weighted by atomic mass is 16.6. The Morgan fingerprint density at radius 3 is 2.62 bits per heavy atom. The fraction of sp³-hybridized carbons (Fsp3) is 0.500. The van der Waals surface area contributed by atoms with Crippen molar-refractivity contribution in [2.24, 2.45) is 5.16 Å². The van der Waals surface area contributed by atoms with Crippen molar-refractivity contribution in [3.8, 4) is 0 Å². The van der Waals surface area contributed by atoms with Crippen molar-refractivity contribution in [3.05, 3.63) is 0 Å². The third-order valence-electron chi connectivity index (χ3n) is 0.465.